The van der Waals surface area contributed by atoms with Crippen LogP contribution < -0.4 is 0 Å². The topological polar surface area (TPSA) is 87.0 Å². The highest BCUT2D eigenvalue weighted by atomic mass is 16.6. The molecule has 5 nitrogen and oxygen atoms in total. The molecule has 0 spiro atoms. The highest BCUT2D eigenvalue weighted by Crippen LogP contribution is 2.40. The number of hydrogen-bond acceptors (Lipinski definition) is 5. The van der Waals surface area contributed by atoms with E-state index in [9.17, 15) is 20.1 Å². The number of aliphatic hydroxyl groups is 3. The third-order valence-corrected chi connectivity index (χ3v) is 4.49. The van der Waals surface area contributed by atoms with Gasteiger partial charge in [-0.15, -0.1) is 0 Å². The van der Waals surface area contributed by atoms with Crippen molar-refractivity contribution in [3.8, 4) is 0 Å². The Labute approximate surface area is 146 Å². The van der Waals surface area contributed by atoms with E-state index in [1.807, 2.05) is 30.3 Å². The summed E-state index contributed by atoms with van der Waals surface area (Å²) in [4.78, 5) is 12.8. The number of benzene rings is 2. The Kier molecular flexibility index (Phi) is 4.75. The van der Waals surface area contributed by atoms with Crippen molar-refractivity contribution < 1.29 is 24.9 Å². The Balaban J connectivity index is 1.88. The molecule has 1 aliphatic heterocycles. The normalized spacial score (nSPS) is 30.2. The molecule has 0 amide bonds. The molecule has 0 saturated carbocycles. The fraction of sp³-hybridized carbons (Fsp3) is 0.350. The highest BCUT2D eigenvalue weighted by Gasteiger charge is 2.56. The lowest BCUT2D eigenvalue weighted by atomic mass is 9.83. The number of carbonyl (C=O) groups is 1. The van der Waals surface area contributed by atoms with Gasteiger partial charge in [-0.2, -0.15) is 0 Å². The van der Waals surface area contributed by atoms with E-state index >= 15 is 0 Å². The average Bonchev–Trinajstić information content (AvgIpc) is 2.84. The van der Waals surface area contributed by atoms with Crippen LogP contribution in [-0.2, 0) is 16.0 Å². The van der Waals surface area contributed by atoms with Gasteiger partial charge in [0.15, 0.2) is 17.7 Å². The lowest BCUT2D eigenvalue weighted by Crippen LogP contribution is -2.47. The maximum atomic E-state index is 12.8. The third kappa shape index (κ3) is 3.80. The van der Waals surface area contributed by atoms with Crippen LogP contribution in [0.25, 0.3) is 0 Å². The average molecular weight is 342 g/mol. The minimum Gasteiger partial charge on any atom is -0.386 e. The summed E-state index contributed by atoms with van der Waals surface area (Å²) in [6, 6.07) is 17.7. The molecule has 5 heteroatoms. The molecule has 0 aromatic heterocycles. The number of carbonyl (C=O) groups excluding carboxylic acids is 1. The second-order valence-electron chi connectivity index (χ2n) is 6.83. The summed E-state index contributed by atoms with van der Waals surface area (Å²) in [5.74, 6) is -2.30. The van der Waals surface area contributed by atoms with Crippen LogP contribution in [-0.4, -0.2) is 38.6 Å². The summed E-state index contributed by atoms with van der Waals surface area (Å²) in [5, 5.41) is 31.7. The molecular weight excluding hydrogens is 320 g/mol. The lowest BCUT2D eigenvalue weighted by Gasteiger charge is -2.28. The molecule has 3 rings (SSSR count). The smallest absolute Gasteiger partial charge is 0.197 e. The molecule has 2 aromatic carbocycles. The molecule has 1 unspecified atom stereocenters. The number of ether oxygens (including phenoxy) is 1. The van der Waals surface area contributed by atoms with E-state index in [-0.39, 0.29) is 12.8 Å². The SMILES string of the molecule is C[C@@]1(O)C[C@@](O)(Cc2ccccc2)[C@@H](C(=O)C(O)c2ccccc2)O1. The van der Waals surface area contributed by atoms with E-state index in [1.165, 1.54) is 6.92 Å². The molecule has 1 saturated heterocycles. The second kappa shape index (κ2) is 6.69. The Bertz CT molecular complexity index is 728. The van der Waals surface area contributed by atoms with Crippen molar-refractivity contribution in [2.75, 3.05) is 0 Å². The van der Waals surface area contributed by atoms with E-state index in [0.717, 1.165) is 5.56 Å². The monoisotopic (exact) mass is 342 g/mol. The number of hydrogen-bond donors (Lipinski definition) is 3. The first-order valence-electron chi connectivity index (χ1n) is 8.24. The largest absolute Gasteiger partial charge is 0.386 e. The Morgan fingerprint density at radius 3 is 2.28 bits per heavy atom. The van der Waals surface area contributed by atoms with Crippen LogP contribution in [0.4, 0.5) is 0 Å². The van der Waals surface area contributed by atoms with Crippen molar-refractivity contribution in [3.63, 3.8) is 0 Å². The molecule has 4 atom stereocenters. The van der Waals surface area contributed by atoms with Gasteiger partial charge in [0.1, 0.15) is 11.7 Å². The predicted octanol–water partition coefficient (Wildman–Crippen LogP) is 1.76. The first-order chi connectivity index (χ1) is 11.8. The van der Waals surface area contributed by atoms with Crippen molar-refractivity contribution in [2.45, 2.75) is 43.4 Å². The summed E-state index contributed by atoms with van der Waals surface area (Å²) >= 11 is 0. The van der Waals surface area contributed by atoms with Gasteiger partial charge in [-0.3, -0.25) is 4.79 Å². The molecule has 3 N–H and O–H groups in total. The zero-order valence-electron chi connectivity index (χ0n) is 14.0. The van der Waals surface area contributed by atoms with Crippen molar-refractivity contribution in [1.29, 1.82) is 0 Å². The van der Waals surface area contributed by atoms with E-state index in [1.54, 1.807) is 30.3 Å². The molecule has 1 aliphatic rings. The summed E-state index contributed by atoms with van der Waals surface area (Å²) in [5.41, 5.74) is -0.361. The third-order valence-electron chi connectivity index (χ3n) is 4.49. The van der Waals surface area contributed by atoms with Crippen molar-refractivity contribution >= 4 is 5.78 Å². The van der Waals surface area contributed by atoms with Crippen LogP contribution in [0.5, 0.6) is 0 Å². The van der Waals surface area contributed by atoms with Gasteiger partial charge in [-0.1, -0.05) is 60.7 Å². The van der Waals surface area contributed by atoms with E-state index in [0.29, 0.717) is 5.56 Å². The van der Waals surface area contributed by atoms with Crippen LogP contribution in [0.2, 0.25) is 0 Å². The number of ketones is 1. The molecule has 0 radical (unpaired) electrons. The fourth-order valence-electron chi connectivity index (χ4n) is 3.44. The van der Waals surface area contributed by atoms with Gasteiger partial charge in [0.05, 0.1) is 0 Å². The minimum atomic E-state index is -1.64. The quantitative estimate of drug-likeness (QED) is 0.771. The molecular formula is C20H22O5. The Morgan fingerprint density at radius 1 is 1.12 bits per heavy atom. The first-order valence-corrected chi connectivity index (χ1v) is 8.24. The van der Waals surface area contributed by atoms with Gasteiger partial charge in [-0.05, 0) is 18.1 Å². The predicted molar refractivity (Wildman–Crippen MR) is 91.6 cm³/mol. The van der Waals surface area contributed by atoms with E-state index < -0.39 is 29.4 Å². The van der Waals surface area contributed by atoms with Gasteiger partial charge in [0.25, 0.3) is 0 Å². The zero-order valence-corrected chi connectivity index (χ0v) is 14.0. The molecule has 2 aromatic rings. The van der Waals surface area contributed by atoms with Crippen LogP contribution in [0.3, 0.4) is 0 Å². The molecule has 25 heavy (non-hydrogen) atoms. The maximum Gasteiger partial charge on any atom is 0.197 e. The van der Waals surface area contributed by atoms with Crippen molar-refractivity contribution in [1.82, 2.24) is 0 Å². The standard InChI is InChI=1S/C20H22O5/c1-19(23)13-20(24,12-14-8-4-2-5-9-14)18(25-19)17(22)16(21)15-10-6-3-7-11-15/h2-11,16,18,21,23-24H,12-13H2,1H3/t16?,18-,19+,20+/m1/s1. The van der Waals surface area contributed by atoms with Crippen LogP contribution in [0, 0.1) is 0 Å². The molecule has 0 aliphatic carbocycles. The molecule has 0 bridgehead atoms. The summed E-state index contributed by atoms with van der Waals surface area (Å²) in [6.45, 7) is 1.41. The highest BCUT2D eigenvalue weighted by molar-refractivity contribution is 5.89. The first kappa shape index (κ1) is 17.8. The minimum absolute atomic E-state index is 0.118. The number of Topliss-reactive ketones (excluding diaryl/α,β-unsaturated/α-hetero) is 1. The van der Waals surface area contributed by atoms with Gasteiger partial charge >= 0.3 is 0 Å². The molecule has 1 fully saturated rings. The Hall–Kier alpha value is -2.05. The van der Waals surface area contributed by atoms with Crippen molar-refractivity contribution in [2.24, 2.45) is 0 Å². The Morgan fingerprint density at radius 2 is 1.68 bits per heavy atom. The molecule has 132 valence electrons. The van der Waals surface area contributed by atoms with Crippen LogP contribution in [0.15, 0.2) is 60.7 Å². The van der Waals surface area contributed by atoms with E-state index in [4.69, 9.17) is 4.74 Å². The van der Waals surface area contributed by atoms with Crippen molar-refractivity contribution in [3.05, 3.63) is 71.8 Å². The van der Waals surface area contributed by atoms with Crippen LogP contribution in [0.1, 0.15) is 30.6 Å². The number of aliphatic hydroxyl groups excluding tert-OH is 1. The lowest BCUT2D eigenvalue weighted by molar-refractivity contribution is -0.190. The van der Waals surface area contributed by atoms with Gasteiger partial charge in [0, 0.05) is 12.8 Å². The molecule has 1 heterocycles. The summed E-state index contributed by atoms with van der Waals surface area (Å²) in [6.07, 6.45) is -2.73. The number of rotatable bonds is 5. The summed E-state index contributed by atoms with van der Waals surface area (Å²) in [7, 11) is 0. The maximum absolute atomic E-state index is 12.8. The fourth-order valence-corrected chi connectivity index (χ4v) is 3.44. The zero-order chi connectivity index (χ0) is 18.1. The van der Waals surface area contributed by atoms with Gasteiger partial charge in [-0.25, -0.2) is 0 Å². The van der Waals surface area contributed by atoms with Crippen LogP contribution >= 0.6 is 0 Å². The van der Waals surface area contributed by atoms with Gasteiger partial charge < -0.3 is 20.1 Å². The van der Waals surface area contributed by atoms with Gasteiger partial charge in [0.2, 0.25) is 0 Å². The summed E-state index contributed by atoms with van der Waals surface area (Å²) < 4.78 is 5.44. The van der Waals surface area contributed by atoms with E-state index in [2.05, 4.69) is 0 Å². The second-order valence-corrected chi connectivity index (χ2v) is 6.83.